The summed E-state index contributed by atoms with van der Waals surface area (Å²) in [5.74, 6) is 1.24. The van der Waals surface area contributed by atoms with Crippen molar-refractivity contribution >= 4 is 5.69 Å². The van der Waals surface area contributed by atoms with Gasteiger partial charge < -0.3 is 9.73 Å². The van der Waals surface area contributed by atoms with E-state index in [9.17, 15) is 0 Å². The molecule has 0 aliphatic rings. The van der Waals surface area contributed by atoms with Gasteiger partial charge in [-0.2, -0.15) is 0 Å². The minimum Gasteiger partial charge on any atom is -0.423 e. The molecule has 0 saturated heterocycles. The second-order valence-corrected chi connectivity index (χ2v) is 4.47. The summed E-state index contributed by atoms with van der Waals surface area (Å²) in [5, 5.41) is 11.4. The average molecular weight is 265 g/mol. The van der Waals surface area contributed by atoms with E-state index in [-0.39, 0.29) is 0 Å². The molecule has 0 saturated carbocycles. The van der Waals surface area contributed by atoms with Gasteiger partial charge in [0.05, 0.1) is 13.0 Å². The number of anilines is 1. The second kappa shape index (κ2) is 6.02. The molecule has 0 aliphatic carbocycles. The normalized spacial score (nSPS) is 10.4. The van der Waals surface area contributed by atoms with E-state index >= 15 is 0 Å². The van der Waals surface area contributed by atoms with Crippen LogP contribution < -0.4 is 5.32 Å². The molecule has 0 fully saturated rings. The molecule has 1 aromatic heterocycles. The van der Waals surface area contributed by atoms with Crippen LogP contribution in [0.1, 0.15) is 17.3 Å². The van der Waals surface area contributed by atoms with Crippen molar-refractivity contribution in [2.24, 2.45) is 0 Å². The zero-order valence-electron chi connectivity index (χ0n) is 11.0. The number of nitrogens with zero attached hydrogens (tertiary/aromatic N) is 2. The lowest BCUT2D eigenvalue weighted by molar-refractivity contribution is 0.464. The van der Waals surface area contributed by atoms with Gasteiger partial charge in [0, 0.05) is 5.69 Å². The number of para-hydroxylation sites is 1. The summed E-state index contributed by atoms with van der Waals surface area (Å²) in [4.78, 5) is 0. The van der Waals surface area contributed by atoms with Gasteiger partial charge in [0.1, 0.15) is 0 Å². The SMILES string of the molecule is c1ccc(Cc2nnc(CNc3ccccc3)o2)cc1. The van der Waals surface area contributed by atoms with E-state index in [1.54, 1.807) is 0 Å². The number of benzene rings is 2. The van der Waals surface area contributed by atoms with Crippen molar-refractivity contribution < 1.29 is 4.42 Å². The predicted molar refractivity (Wildman–Crippen MR) is 77.3 cm³/mol. The first-order chi connectivity index (χ1) is 9.90. The first-order valence-corrected chi connectivity index (χ1v) is 6.54. The molecule has 2 aromatic carbocycles. The topological polar surface area (TPSA) is 51.0 Å². The highest BCUT2D eigenvalue weighted by atomic mass is 16.4. The van der Waals surface area contributed by atoms with Crippen LogP contribution in [-0.4, -0.2) is 10.2 Å². The summed E-state index contributed by atoms with van der Waals surface area (Å²) in [6.45, 7) is 0.534. The van der Waals surface area contributed by atoms with Gasteiger partial charge in [-0.05, 0) is 17.7 Å². The Morgan fingerprint density at radius 2 is 1.45 bits per heavy atom. The van der Waals surface area contributed by atoms with Gasteiger partial charge in [-0.1, -0.05) is 48.5 Å². The Balaban J connectivity index is 1.60. The van der Waals surface area contributed by atoms with E-state index in [1.165, 1.54) is 5.56 Å². The van der Waals surface area contributed by atoms with Gasteiger partial charge in [0.25, 0.3) is 0 Å². The Kier molecular flexibility index (Phi) is 3.73. The van der Waals surface area contributed by atoms with Crippen LogP contribution >= 0.6 is 0 Å². The first-order valence-electron chi connectivity index (χ1n) is 6.54. The van der Waals surface area contributed by atoms with Crippen molar-refractivity contribution in [3.63, 3.8) is 0 Å². The third-order valence-electron chi connectivity index (χ3n) is 2.92. The Morgan fingerprint density at radius 1 is 0.800 bits per heavy atom. The van der Waals surface area contributed by atoms with Crippen molar-refractivity contribution in [3.05, 3.63) is 78.0 Å². The van der Waals surface area contributed by atoms with Crippen LogP contribution in [0.4, 0.5) is 5.69 Å². The van der Waals surface area contributed by atoms with E-state index in [4.69, 9.17) is 4.42 Å². The maximum Gasteiger partial charge on any atom is 0.235 e. The third-order valence-corrected chi connectivity index (χ3v) is 2.92. The van der Waals surface area contributed by atoms with Crippen LogP contribution in [0.25, 0.3) is 0 Å². The molecular formula is C16H15N3O. The van der Waals surface area contributed by atoms with Crippen molar-refractivity contribution in [1.29, 1.82) is 0 Å². The molecule has 1 N–H and O–H groups in total. The Labute approximate surface area is 117 Å². The maximum atomic E-state index is 5.62. The van der Waals surface area contributed by atoms with Crippen LogP contribution in [0.3, 0.4) is 0 Å². The minimum absolute atomic E-state index is 0.534. The molecule has 20 heavy (non-hydrogen) atoms. The highest BCUT2D eigenvalue weighted by Gasteiger charge is 2.06. The summed E-state index contributed by atoms with van der Waals surface area (Å²) < 4.78 is 5.62. The Morgan fingerprint density at radius 3 is 2.20 bits per heavy atom. The molecule has 3 aromatic rings. The van der Waals surface area contributed by atoms with Crippen LogP contribution in [-0.2, 0) is 13.0 Å². The highest BCUT2D eigenvalue weighted by Crippen LogP contribution is 2.10. The van der Waals surface area contributed by atoms with Crippen molar-refractivity contribution in [1.82, 2.24) is 10.2 Å². The Hall–Kier alpha value is -2.62. The summed E-state index contributed by atoms with van der Waals surface area (Å²) in [6, 6.07) is 20.0. The molecule has 0 spiro atoms. The third kappa shape index (κ3) is 3.23. The average Bonchev–Trinajstić information content (AvgIpc) is 2.95. The van der Waals surface area contributed by atoms with E-state index in [0.717, 1.165) is 5.69 Å². The van der Waals surface area contributed by atoms with E-state index in [1.807, 2.05) is 60.7 Å². The van der Waals surface area contributed by atoms with E-state index < -0.39 is 0 Å². The van der Waals surface area contributed by atoms with Crippen LogP contribution in [0.15, 0.2) is 65.1 Å². The van der Waals surface area contributed by atoms with Crippen LogP contribution in [0.5, 0.6) is 0 Å². The number of hydrogen-bond acceptors (Lipinski definition) is 4. The molecule has 0 unspecified atom stereocenters. The predicted octanol–water partition coefficient (Wildman–Crippen LogP) is 3.27. The monoisotopic (exact) mass is 265 g/mol. The molecule has 3 rings (SSSR count). The van der Waals surface area contributed by atoms with E-state index in [0.29, 0.717) is 24.7 Å². The number of nitrogens with one attached hydrogen (secondary N) is 1. The maximum absolute atomic E-state index is 5.62. The molecule has 1 heterocycles. The first kappa shape index (κ1) is 12.4. The van der Waals surface area contributed by atoms with Gasteiger partial charge in [-0.25, -0.2) is 0 Å². The van der Waals surface area contributed by atoms with E-state index in [2.05, 4.69) is 15.5 Å². The minimum atomic E-state index is 0.534. The highest BCUT2D eigenvalue weighted by molar-refractivity contribution is 5.42. The van der Waals surface area contributed by atoms with Crippen molar-refractivity contribution in [3.8, 4) is 0 Å². The molecule has 0 radical (unpaired) electrons. The van der Waals surface area contributed by atoms with Crippen molar-refractivity contribution in [2.75, 3.05) is 5.32 Å². The summed E-state index contributed by atoms with van der Waals surface area (Å²) in [6.07, 6.45) is 0.666. The molecular weight excluding hydrogens is 250 g/mol. The fourth-order valence-corrected chi connectivity index (χ4v) is 1.94. The van der Waals surface area contributed by atoms with Crippen LogP contribution in [0, 0.1) is 0 Å². The van der Waals surface area contributed by atoms with Crippen LogP contribution in [0.2, 0.25) is 0 Å². The van der Waals surface area contributed by atoms with Gasteiger partial charge in [0.2, 0.25) is 11.8 Å². The molecule has 0 bridgehead atoms. The van der Waals surface area contributed by atoms with Gasteiger partial charge in [-0.15, -0.1) is 10.2 Å². The summed E-state index contributed by atoms with van der Waals surface area (Å²) >= 11 is 0. The summed E-state index contributed by atoms with van der Waals surface area (Å²) in [7, 11) is 0. The van der Waals surface area contributed by atoms with Crippen molar-refractivity contribution in [2.45, 2.75) is 13.0 Å². The quantitative estimate of drug-likeness (QED) is 0.769. The largest absolute Gasteiger partial charge is 0.423 e. The number of hydrogen-bond donors (Lipinski definition) is 1. The van der Waals surface area contributed by atoms with Gasteiger partial charge in [-0.3, -0.25) is 0 Å². The lowest BCUT2D eigenvalue weighted by atomic mass is 10.2. The second-order valence-electron chi connectivity index (χ2n) is 4.47. The molecule has 100 valence electrons. The zero-order valence-corrected chi connectivity index (χ0v) is 11.0. The molecule has 0 atom stereocenters. The number of aromatic nitrogens is 2. The lowest BCUT2D eigenvalue weighted by Crippen LogP contribution is -1.99. The fourth-order valence-electron chi connectivity index (χ4n) is 1.94. The molecule has 4 heteroatoms. The molecule has 0 aliphatic heterocycles. The fraction of sp³-hybridized carbons (Fsp3) is 0.125. The van der Waals surface area contributed by atoms with Gasteiger partial charge in [0.15, 0.2) is 0 Å². The number of rotatable bonds is 5. The smallest absolute Gasteiger partial charge is 0.235 e. The lowest BCUT2D eigenvalue weighted by Gasteiger charge is -2.01. The molecule has 4 nitrogen and oxygen atoms in total. The standard InChI is InChI=1S/C16H15N3O/c1-3-7-13(8-4-1)11-15-18-19-16(20-15)12-17-14-9-5-2-6-10-14/h1-10,17H,11-12H2. The van der Waals surface area contributed by atoms with Gasteiger partial charge >= 0.3 is 0 Å². The molecule has 0 amide bonds. The zero-order chi connectivity index (χ0) is 13.6. The Bertz CT molecular complexity index is 650. The summed E-state index contributed by atoms with van der Waals surface area (Å²) in [5.41, 5.74) is 2.20.